The zero-order chi connectivity index (χ0) is 10.7. The molecule has 1 aromatic heterocycles. The Kier molecular flexibility index (Phi) is 3.16. The maximum Gasteiger partial charge on any atom is 0.251 e. The monoisotopic (exact) mass is 207 g/mol. The lowest BCUT2D eigenvalue weighted by atomic mass is 9.93. The van der Waals surface area contributed by atoms with Crippen LogP contribution in [-0.4, -0.2) is 28.3 Å². The molecule has 1 aliphatic rings. The summed E-state index contributed by atoms with van der Waals surface area (Å²) in [6, 6.07) is 2.09. The number of carbonyl (C=O) groups excluding carboxylic acids is 1. The largest absolute Gasteiger partial charge is 0.313 e. The minimum Gasteiger partial charge on any atom is -0.313 e. The number of aromatic nitrogens is 2. The lowest BCUT2D eigenvalue weighted by molar-refractivity contribution is 0.0787. The third kappa shape index (κ3) is 2.26. The molecule has 0 saturated carbocycles. The zero-order valence-electron chi connectivity index (χ0n) is 9.02. The van der Waals surface area contributed by atoms with Gasteiger partial charge in [0.1, 0.15) is 0 Å². The van der Waals surface area contributed by atoms with E-state index in [2.05, 4.69) is 10.4 Å². The lowest BCUT2D eigenvalue weighted by Gasteiger charge is -2.27. The second kappa shape index (κ2) is 4.57. The van der Waals surface area contributed by atoms with Gasteiger partial charge in [0.2, 0.25) is 0 Å². The Morgan fingerprint density at radius 1 is 1.60 bits per heavy atom. The van der Waals surface area contributed by atoms with Gasteiger partial charge in [0, 0.05) is 18.4 Å². The predicted octanol–water partition coefficient (Wildman–Crippen LogP) is 1.30. The van der Waals surface area contributed by atoms with Gasteiger partial charge in [0.15, 0.2) is 0 Å². The molecule has 82 valence electrons. The van der Waals surface area contributed by atoms with Gasteiger partial charge in [-0.25, -0.2) is 4.68 Å². The number of nitrogens with zero attached hydrogens (tertiary/aromatic N) is 2. The van der Waals surface area contributed by atoms with Crippen molar-refractivity contribution in [2.45, 2.75) is 32.2 Å². The second-order valence-corrected chi connectivity index (χ2v) is 4.13. The van der Waals surface area contributed by atoms with Crippen LogP contribution in [-0.2, 0) is 0 Å². The van der Waals surface area contributed by atoms with Gasteiger partial charge in [-0.1, -0.05) is 13.3 Å². The summed E-state index contributed by atoms with van der Waals surface area (Å²) >= 11 is 0. The summed E-state index contributed by atoms with van der Waals surface area (Å²) in [7, 11) is 0. The van der Waals surface area contributed by atoms with Crippen LogP contribution in [0.4, 0.5) is 0 Å². The van der Waals surface area contributed by atoms with E-state index in [1.54, 1.807) is 18.5 Å². The fourth-order valence-electron chi connectivity index (χ4n) is 2.09. The van der Waals surface area contributed by atoms with Gasteiger partial charge in [0.25, 0.3) is 5.91 Å². The van der Waals surface area contributed by atoms with E-state index in [9.17, 15) is 4.79 Å². The molecule has 0 aliphatic carbocycles. The van der Waals surface area contributed by atoms with Crippen molar-refractivity contribution in [1.29, 1.82) is 0 Å². The number of rotatable bonds is 2. The zero-order valence-corrected chi connectivity index (χ0v) is 9.02. The van der Waals surface area contributed by atoms with Crippen molar-refractivity contribution in [3.05, 3.63) is 18.5 Å². The third-order valence-corrected chi connectivity index (χ3v) is 3.07. The van der Waals surface area contributed by atoms with Gasteiger partial charge >= 0.3 is 0 Å². The predicted molar refractivity (Wildman–Crippen MR) is 57.7 cm³/mol. The number of hydrogen-bond acceptors (Lipinski definition) is 3. The van der Waals surface area contributed by atoms with Crippen molar-refractivity contribution < 1.29 is 4.79 Å². The van der Waals surface area contributed by atoms with Gasteiger partial charge in [-0.15, -0.1) is 0 Å². The first-order valence-electron chi connectivity index (χ1n) is 5.56. The van der Waals surface area contributed by atoms with Crippen LogP contribution in [0.2, 0.25) is 0 Å². The molecule has 15 heavy (non-hydrogen) atoms. The first-order chi connectivity index (χ1) is 7.29. The topological polar surface area (TPSA) is 46.9 Å². The standard InChI is InChI=1S/C11H17N3O/c1-9(10-5-2-3-6-12-10)11(15)14-8-4-7-13-14/h4,7-10,12H,2-3,5-6H2,1H3. The maximum absolute atomic E-state index is 12.0. The molecule has 0 aromatic carbocycles. The van der Waals surface area contributed by atoms with E-state index in [0.717, 1.165) is 13.0 Å². The van der Waals surface area contributed by atoms with Crippen molar-refractivity contribution in [2.75, 3.05) is 6.54 Å². The van der Waals surface area contributed by atoms with Crippen molar-refractivity contribution in [2.24, 2.45) is 5.92 Å². The van der Waals surface area contributed by atoms with E-state index in [-0.39, 0.29) is 11.8 Å². The van der Waals surface area contributed by atoms with Gasteiger partial charge in [-0.05, 0) is 25.5 Å². The first kappa shape index (κ1) is 10.4. The average molecular weight is 207 g/mol. The summed E-state index contributed by atoms with van der Waals surface area (Å²) < 4.78 is 1.43. The van der Waals surface area contributed by atoms with Crippen LogP contribution >= 0.6 is 0 Å². The first-order valence-corrected chi connectivity index (χ1v) is 5.56. The van der Waals surface area contributed by atoms with Crippen LogP contribution in [0.25, 0.3) is 0 Å². The molecular weight excluding hydrogens is 190 g/mol. The summed E-state index contributed by atoms with van der Waals surface area (Å²) in [6.07, 6.45) is 6.88. The van der Waals surface area contributed by atoms with Crippen LogP contribution < -0.4 is 5.32 Å². The number of hydrogen-bond donors (Lipinski definition) is 1. The van der Waals surface area contributed by atoms with Crippen molar-refractivity contribution in [1.82, 2.24) is 15.1 Å². The molecule has 2 unspecified atom stereocenters. The molecule has 2 rings (SSSR count). The molecule has 1 saturated heterocycles. The molecule has 0 amide bonds. The Labute approximate surface area is 89.7 Å². The normalized spacial score (nSPS) is 23.7. The van der Waals surface area contributed by atoms with Crippen LogP contribution in [0.15, 0.2) is 18.5 Å². The molecule has 0 spiro atoms. The molecule has 2 atom stereocenters. The highest BCUT2D eigenvalue weighted by Crippen LogP contribution is 2.16. The fraction of sp³-hybridized carbons (Fsp3) is 0.636. The molecular formula is C11H17N3O. The highest BCUT2D eigenvalue weighted by atomic mass is 16.2. The van der Waals surface area contributed by atoms with E-state index >= 15 is 0 Å². The van der Waals surface area contributed by atoms with E-state index in [1.165, 1.54) is 17.5 Å². The van der Waals surface area contributed by atoms with Crippen LogP contribution in [0.3, 0.4) is 0 Å². The quantitative estimate of drug-likeness (QED) is 0.795. The molecule has 1 aliphatic heterocycles. The van der Waals surface area contributed by atoms with Gasteiger partial charge in [0.05, 0.1) is 5.92 Å². The van der Waals surface area contributed by atoms with Crippen LogP contribution in [0, 0.1) is 5.92 Å². The summed E-state index contributed by atoms with van der Waals surface area (Å²) in [6.45, 7) is 3.01. The maximum atomic E-state index is 12.0. The Bertz CT molecular complexity index is 315. The van der Waals surface area contributed by atoms with E-state index in [1.807, 2.05) is 6.92 Å². The van der Waals surface area contributed by atoms with E-state index in [4.69, 9.17) is 0 Å². The Morgan fingerprint density at radius 2 is 2.47 bits per heavy atom. The van der Waals surface area contributed by atoms with Crippen LogP contribution in [0.1, 0.15) is 31.0 Å². The number of piperidine rings is 1. The van der Waals surface area contributed by atoms with Crippen molar-refractivity contribution in [3.63, 3.8) is 0 Å². The molecule has 1 fully saturated rings. The molecule has 0 radical (unpaired) electrons. The van der Waals surface area contributed by atoms with Gasteiger partial charge < -0.3 is 5.32 Å². The Morgan fingerprint density at radius 3 is 3.07 bits per heavy atom. The molecule has 1 N–H and O–H groups in total. The SMILES string of the molecule is CC(C(=O)n1cccn1)C1CCCCN1. The third-order valence-electron chi connectivity index (χ3n) is 3.07. The molecule has 4 heteroatoms. The average Bonchev–Trinajstić information content (AvgIpc) is 2.82. The molecule has 1 aromatic rings. The molecule has 4 nitrogen and oxygen atoms in total. The van der Waals surface area contributed by atoms with Crippen molar-refractivity contribution in [3.8, 4) is 0 Å². The summed E-state index contributed by atoms with van der Waals surface area (Å²) in [5.74, 6) is 0.0876. The summed E-state index contributed by atoms with van der Waals surface area (Å²) in [4.78, 5) is 12.0. The van der Waals surface area contributed by atoms with Gasteiger partial charge in [-0.3, -0.25) is 4.79 Å². The lowest BCUT2D eigenvalue weighted by Crippen LogP contribution is -2.43. The molecule has 2 heterocycles. The highest BCUT2D eigenvalue weighted by Gasteiger charge is 2.26. The number of nitrogens with one attached hydrogen (secondary N) is 1. The minimum absolute atomic E-state index is 0.00481. The van der Waals surface area contributed by atoms with Crippen molar-refractivity contribution >= 4 is 5.91 Å². The van der Waals surface area contributed by atoms with Gasteiger partial charge in [-0.2, -0.15) is 5.10 Å². The highest BCUT2D eigenvalue weighted by molar-refractivity contribution is 5.80. The summed E-state index contributed by atoms with van der Waals surface area (Å²) in [5, 5.41) is 7.37. The smallest absolute Gasteiger partial charge is 0.251 e. The van der Waals surface area contributed by atoms with E-state index in [0.29, 0.717) is 6.04 Å². The van der Waals surface area contributed by atoms with E-state index < -0.39 is 0 Å². The summed E-state index contributed by atoms with van der Waals surface area (Å²) in [5.41, 5.74) is 0. The fourth-order valence-corrected chi connectivity index (χ4v) is 2.09. The second-order valence-electron chi connectivity index (χ2n) is 4.13. The van der Waals surface area contributed by atoms with Crippen LogP contribution in [0.5, 0.6) is 0 Å². The Hall–Kier alpha value is -1.16. The Balaban J connectivity index is 2.00. The minimum atomic E-state index is 0.00481. The number of carbonyl (C=O) groups is 1. The molecule has 0 bridgehead atoms.